The number of benzene rings is 1. The van der Waals surface area contributed by atoms with Crippen LogP contribution in [0.2, 0.25) is 5.02 Å². The number of nitrogens with zero attached hydrogens (tertiary/aromatic N) is 3. The van der Waals surface area contributed by atoms with Gasteiger partial charge in [0.1, 0.15) is 11.6 Å². The van der Waals surface area contributed by atoms with Crippen LogP contribution >= 0.6 is 11.6 Å². The molecule has 1 aromatic carbocycles. The molecule has 1 aliphatic rings. The number of aryl methyl sites for hydroxylation is 1. The SMILES string of the molecule is COc1ccc(Cl)cc1C1CCCCCN1c1cc(C)nc(N)n1. The Kier molecular flexibility index (Phi) is 5.09. The van der Waals surface area contributed by atoms with E-state index in [9.17, 15) is 0 Å². The van der Waals surface area contributed by atoms with Crippen molar-refractivity contribution in [3.8, 4) is 5.75 Å². The van der Waals surface area contributed by atoms with Gasteiger partial charge >= 0.3 is 0 Å². The second-order valence-corrected chi connectivity index (χ2v) is 6.61. The number of hydrogen-bond acceptors (Lipinski definition) is 5. The highest BCUT2D eigenvalue weighted by molar-refractivity contribution is 6.30. The molecular weight excluding hydrogens is 324 g/mol. The van der Waals surface area contributed by atoms with Crippen molar-refractivity contribution >= 4 is 23.4 Å². The standard InChI is InChI=1S/C18H23ClN4O/c1-12-10-17(22-18(20)21-12)23-9-5-3-4-6-15(23)14-11-13(19)7-8-16(14)24-2/h7-8,10-11,15H,3-6,9H2,1-2H3,(H2,20,21,22). The summed E-state index contributed by atoms with van der Waals surface area (Å²) < 4.78 is 5.58. The van der Waals surface area contributed by atoms with Crippen molar-refractivity contribution in [3.63, 3.8) is 0 Å². The van der Waals surface area contributed by atoms with Gasteiger partial charge in [-0.3, -0.25) is 0 Å². The van der Waals surface area contributed by atoms with Crippen LogP contribution in [0.1, 0.15) is 43.0 Å². The van der Waals surface area contributed by atoms with Crippen LogP contribution in [0.4, 0.5) is 11.8 Å². The lowest BCUT2D eigenvalue weighted by Crippen LogP contribution is -2.30. The van der Waals surface area contributed by atoms with E-state index < -0.39 is 0 Å². The lowest BCUT2D eigenvalue weighted by molar-refractivity contribution is 0.402. The summed E-state index contributed by atoms with van der Waals surface area (Å²) in [6.45, 7) is 2.87. The number of anilines is 2. The number of nitrogens with two attached hydrogens (primary N) is 1. The first kappa shape index (κ1) is 16.8. The minimum atomic E-state index is 0.162. The van der Waals surface area contributed by atoms with Crippen LogP contribution in [0.5, 0.6) is 5.75 Å². The van der Waals surface area contributed by atoms with E-state index in [4.69, 9.17) is 22.1 Å². The Morgan fingerprint density at radius 2 is 2.04 bits per heavy atom. The van der Waals surface area contributed by atoms with Crippen LogP contribution in [-0.4, -0.2) is 23.6 Å². The van der Waals surface area contributed by atoms with Gasteiger partial charge in [-0.05, 0) is 38.0 Å². The van der Waals surface area contributed by atoms with Crippen molar-refractivity contribution in [2.24, 2.45) is 0 Å². The van der Waals surface area contributed by atoms with Crippen molar-refractivity contribution in [1.29, 1.82) is 0 Å². The van der Waals surface area contributed by atoms with Crippen LogP contribution in [-0.2, 0) is 0 Å². The Morgan fingerprint density at radius 3 is 2.79 bits per heavy atom. The van der Waals surface area contributed by atoms with E-state index >= 15 is 0 Å². The summed E-state index contributed by atoms with van der Waals surface area (Å²) in [7, 11) is 1.70. The van der Waals surface area contributed by atoms with Gasteiger partial charge in [0, 0.05) is 28.9 Å². The zero-order valence-corrected chi connectivity index (χ0v) is 14.9. The van der Waals surface area contributed by atoms with Crippen LogP contribution in [0.3, 0.4) is 0 Å². The minimum Gasteiger partial charge on any atom is -0.496 e. The van der Waals surface area contributed by atoms with Gasteiger partial charge < -0.3 is 15.4 Å². The first-order valence-electron chi connectivity index (χ1n) is 8.29. The third kappa shape index (κ3) is 3.56. The zero-order chi connectivity index (χ0) is 17.1. The van der Waals surface area contributed by atoms with E-state index in [-0.39, 0.29) is 6.04 Å². The Bertz CT molecular complexity index is 702. The average molecular weight is 347 g/mol. The molecule has 3 rings (SSSR count). The van der Waals surface area contributed by atoms with Crippen molar-refractivity contribution in [3.05, 3.63) is 40.5 Å². The van der Waals surface area contributed by atoms with Gasteiger partial charge in [0.15, 0.2) is 0 Å². The molecule has 5 nitrogen and oxygen atoms in total. The van der Waals surface area contributed by atoms with Gasteiger partial charge in [0.25, 0.3) is 0 Å². The molecule has 0 spiro atoms. The summed E-state index contributed by atoms with van der Waals surface area (Å²) in [5.74, 6) is 2.04. The molecule has 1 atom stereocenters. The van der Waals surface area contributed by atoms with Gasteiger partial charge in [0.2, 0.25) is 5.95 Å². The third-order valence-corrected chi connectivity index (χ3v) is 4.69. The molecule has 0 saturated carbocycles. The summed E-state index contributed by atoms with van der Waals surface area (Å²) in [5, 5.41) is 0.716. The molecule has 0 amide bonds. The van der Waals surface area contributed by atoms with Crippen LogP contribution in [0, 0.1) is 6.92 Å². The second kappa shape index (κ2) is 7.26. The van der Waals surface area contributed by atoms with E-state index in [0.717, 1.165) is 48.6 Å². The summed E-state index contributed by atoms with van der Waals surface area (Å²) >= 11 is 6.26. The fraction of sp³-hybridized carbons (Fsp3) is 0.444. The average Bonchev–Trinajstić information content (AvgIpc) is 2.79. The molecule has 2 N–H and O–H groups in total. The van der Waals surface area contributed by atoms with Gasteiger partial charge in [-0.1, -0.05) is 24.4 Å². The van der Waals surface area contributed by atoms with Gasteiger partial charge in [0.05, 0.1) is 13.2 Å². The van der Waals surface area contributed by atoms with Crippen molar-refractivity contribution in [2.75, 3.05) is 24.3 Å². The molecule has 2 heterocycles. The molecule has 1 aliphatic heterocycles. The van der Waals surface area contributed by atoms with Crippen molar-refractivity contribution in [1.82, 2.24) is 9.97 Å². The van der Waals surface area contributed by atoms with E-state index in [1.54, 1.807) is 7.11 Å². The third-order valence-electron chi connectivity index (χ3n) is 4.46. The number of nitrogen functional groups attached to an aromatic ring is 1. The topological polar surface area (TPSA) is 64.3 Å². The smallest absolute Gasteiger partial charge is 0.222 e. The summed E-state index contributed by atoms with van der Waals surface area (Å²) in [4.78, 5) is 11.0. The van der Waals surface area contributed by atoms with Crippen LogP contribution in [0.25, 0.3) is 0 Å². The van der Waals surface area contributed by atoms with E-state index in [1.165, 1.54) is 6.42 Å². The second-order valence-electron chi connectivity index (χ2n) is 6.17. The monoisotopic (exact) mass is 346 g/mol. The molecular formula is C18H23ClN4O. The maximum Gasteiger partial charge on any atom is 0.222 e. The number of ether oxygens (including phenoxy) is 1. The molecule has 1 unspecified atom stereocenters. The highest BCUT2D eigenvalue weighted by Crippen LogP contribution is 2.39. The number of hydrogen-bond donors (Lipinski definition) is 1. The molecule has 0 aliphatic carbocycles. The molecule has 6 heteroatoms. The Labute approximate surface area is 147 Å². The number of halogens is 1. The molecule has 1 fully saturated rings. The lowest BCUT2D eigenvalue weighted by Gasteiger charge is -2.32. The molecule has 128 valence electrons. The predicted molar refractivity (Wildman–Crippen MR) is 97.7 cm³/mol. The van der Waals surface area contributed by atoms with Crippen LogP contribution in [0.15, 0.2) is 24.3 Å². The zero-order valence-electron chi connectivity index (χ0n) is 14.1. The first-order valence-corrected chi connectivity index (χ1v) is 8.67. The molecule has 2 aromatic rings. The Morgan fingerprint density at radius 1 is 1.21 bits per heavy atom. The number of methoxy groups -OCH3 is 1. The molecule has 24 heavy (non-hydrogen) atoms. The predicted octanol–water partition coefficient (Wildman–Crippen LogP) is 4.15. The maximum absolute atomic E-state index is 6.26. The summed E-state index contributed by atoms with van der Waals surface area (Å²) in [6, 6.07) is 7.94. The van der Waals surface area contributed by atoms with E-state index in [1.807, 2.05) is 31.2 Å². The lowest BCUT2D eigenvalue weighted by atomic mass is 9.99. The molecule has 0 radical (unpaired) electrons. The largest absolute Gasteiger partial charge is 0.496 e. The minimum absolute atomic E-state index is 0.162. The maximum atomic E-state index is 6.26. The fourth-order valence-corrected chi connectivity index (χ4v) is 3.57. The van der Waals surface area contributed by atoms with E-state index in [2.05, 4.69) is 14.9 Å². The first-order chi connectivity index (χ1) is 11.6. The number of aromatic nitrogens is 2. The molecule has 1 aromatic heterocycles. The highest BCUT2D eigenvalue weighted by atomic mass is 35.5. The summed E-state index contributed by atoms with van der Waals surface area (Å²) in [5.41, 5.74) is 7.85. The highest BCUT2D eigenvalue weighted by Gasteiger charge is 2.27. The molecule has 0 bridgehead atoms. The molecule has 1 saturated heterocycles. The Hall–Kier alpha value is -2.01. The Balaban J connectivity index is 2.06. The van der Waals surface area contributed by atoms with Gasteiger partial charge in [-0.2, -0.15) is 4.98 Å². The van der Waals surface area contributed by atoms with E-state index in [0.29, 0.717) is 11.0 Å². The number of rotatable bonds is 3. The van der Waals surface area contributed by atoms with Crippen LogP contribution < -0.4 is 15.4 Å². The van der Waals surface area contributed by atoms with Crippen molar-refractivity contribution < 1.29 is 4.74 Å². The van der Waals surface area contributed by atoms with Gasteiger partial charge in [-0.25, -0.2) is 4.98 Å². The summed E-state index contributed by atoms with van der Waals surface area (Å²) in [6.07, 6.45) is 4.52. The fourth-order valence-electron chi connectivity index (χ4n) is 3.39. The van der Waals surface area contributed by atoms with Gasteiger partial charge in [-0.15, -0.1) is 0 Å². The normalized spacial score (nSPS) is 18.3. The quantitative estimate of drug-likeness (QED) is 0.904. The van der Waals surface area contributed by atoms with Crippen molar-refractivity contribution in [2.45, 2.75) is 38.6 Å².